The van der Waals surface area contributed by atoms with Crippen LogP contribution in [0.25, 0.3) is 22.1 Å². The predicted octanol–water partition coefficient (Wildman–Crippen LogP) is 4.40. The number of halogens is 1. The van der Waals surface area contributed by atoms with Crippen molar-refractivity contribution in [2.75, 3.05) is 0 Å². The van der Waals surface area contributed by atoms with Crippen molar-refractivity contribution in [3.8, 4) is 16.9 Å². The first kappa shape index (κ1) is 16.9. The molecule has 5 heteroatoms. The van der Waals surface area contributed by atoms with Gasteiger partial charge in [-0.15, -0.1) is 0 Å². The SMILES string of the molecule is CCc1cc2c(=O)c(-c3ccc(F)cc3)c(C)oc2cc1OC(C)=O. The average Bonchev–Trinajstić information content (AvgIpc) is 2.55. The maximum Gasteiger partial charge on any atom is 0.308 e. The molecular weight excluding hydrogens is 323 g/mol. The van der Waals surface area contributed by atoms with Crippen LogP contribution in [0.1, 0.15) is 25.2 Å². The van der Waals surface area contributed by atoms with Crippen molar-refractivity contribution in [1.82, 2.24) is 0 Å². The molecule has 0 saturated heterocycles. The third-order valence-corrected chi connectivity index (χ3v) is 4.02. The fraction of sp³-hybridized carbons (Fsp3) is 0.200. The van der Waals surface area contributed by atoms with Gasteiger partial charge in [-0.3, -0.25) is 9.59 Å². The summed E-state index contributed by atoms with van der Waals surface area (Å²) < 4.78 is 24.2. The van der Waals surface area contributed by atoms with Crippen LogP contribution in [0.4, 0.5) is 4.39 Å². The zero-order valence-electron chi connectivity index (χ0n) is 14.2. The predicted molar refractivity (Wildman–Crippen MR) is 93.3 cm³/mol. The second-order valence-electron chi connectivity index (χ2n) is 5.77. The lowest BCUT2D eigenvalue weighted by molar-refractivity contribution is -0.131. The molecule has 3 aromatic rings. The van der Waals surface area contributed by atoms with Crippen molar-refractivity contribution in [3.63, 3.8) is 0 Å². The van der Waals surface area contributed by atoms with Gasteiger partial charge in [0.2, 0.25) is 5.43 Å². The summed E-state index contributed by atoms with van der Waals surface area (Å²) in [5.74, 6) is 0.00337. The van der Waals surface area contributed by atoms with Gasteiger partial charge in [-0.2, -0.15) is 0 Å². The van der Waals surface area contributed by atoms with Gasteiger partial charge in [-0.25, -0.2) is 4.39 Å². The maximum absolute atomic E-state index is 13.2. The molecule has 128 valence electrons. The van der Waals surface area contributed by atoms with Gasteiger partial charge < -0.3 is 9.15 Å². The third-order valence-electron chi connectivity index (χ3n) is 4.02. The Hall–Kier alpha value is -2.95. The summed E-state index contributed by atoms with van der Waals surface area (Å²) >= 11 is 0. The van der Waals surface area contributed by atoms with Gasteiger partial charge in [-0.1, -0.05) is 19.1 Å². The normalized spacial score (nSPS) is 10.9. The van der Waals surface area contributed by atoms with Crippen LogP contribution < -0.4 is 10.2 Å². The molecule has 25 heavy (non-hydrogen) atoms. The molecule has 0 atom stereocenters. The van der Waals surface area contributed by atoms with E-state index >= 15 is 0 Å². The van der Waals surface area contributed by atoms with Crippen molar-refractivity contribution in [1.29, 1.82) is 0 Å². The zero-order valence-corrected chi connectivity index (χ0v) is 14.2. The van der Waals surface area contributed by atoms with Crippen LogP contribution >= 0.6 is 0 Å². The lowest BCUT2D eigenvalue weighted by Gasteiger charge is -2.11. The Bertz CT molecular complexity index is 1020. The smallest absolute Gasteiger partial charge is 0.308 e. The van der Waals surface area contributed by atoms with E-state index in [0.29, 0.717) is 40.0 Å². The summed E-state index contributed by atoms with van der Waals surface area (Å²) in [5, 5.41) is 0.401. The van der Waals surface area contributed by atoms with Crippen molar-refractivity contribution >= 4 is 16.9 Å². The number of fused-ring (bicyclic) bond motifs is 1. The van der Waals surface area contributed by atoms with Gasteiger partial charge in [0.1, 0.15) is 22.9 Å². The highest BCUT2D eigenvalue weighted by molar-refractivity contribution is 5.85. The Labute approximate surface area is 143 Å². The number of rotatable bonds is 3. The Morgan fingerprint density at radius 2 is 1.88 bits per heavy atom. The summed E-state index contributed by atoms with van der Waals surface area (Å²) in [4.78, 5) is 24.2. The fourth-order valence-corrected chi connectivity index (χ4v) is 2.86. The molecule has 0 aliphatic rings. The van der Waals surface area contributed by atoms with Gasteiger partial charge >= 0.3 is 5.97 Å². The minimum atomic E-state index is -0.434. The van der Waals surface area contributed by atoms with E-state index in [9.17, 15) is 14.0 Å². The van der Waals surface area contributed by atoms with E-state index in [1.165, 1.54) is 19.1 Å². The molecule has 0 saturated carbocycles. The standard InChI is InChI=1S/C20H17FO4/c1-4-13-9-16-18(10-17(13)25-12(3)22)24-11(2)19(20(16)23)14-5-7-15(21)8-6-14/h5-10H,4H2,1-3H3. The molecular formula is C20H17FO4. The molecule has 0 unspecified atom stereocenters. The highest BCUT2D eigenvalue weighted by Gasteiger charge is 2.16. The first-order valence-electron chi connectivity index (χ1n) is 7.95. The number of carbonyl (C=O) groups excluding carboxylic acids is 1. The van der Waals surface area contributed by atoms with Gasteiger partial charge in [0.15, 0.2) is 0 Å². The van der Waals surface area contributed by atoms with Crippen molar-refractivity contribution in [2.24, 2.45) is 0 Å². The van der Waals surface area contributed by atoms with Crippen molar-refractivity contribution < 1.29 is 18.3 Å². The van der Waals surface area contributed by atoms with Crippen molar-refractivity contribution in [3.05, 3.63) is 63.8 Å². The lowest BCUT2D eigenvalue weighted by atomic mass is 10.0. The van der Waals surface area contributed by atoms with Crippen LogP contribution in [0.2, 0.25) is 0 Å². The van der Waals surface area contributed by atoms with Crippen LogP contribution in [0.15, 0.2) is 45.6 Å². The molecule has 2 aromatic carbocycles. The Morgan fingerprint density at radius 3 is 2.48 bits per heavy atom. The number of esters is 1. The van der Waals surface area contributed by atoms with E-state index in [1.807, 2.05) is 6.92 Å². The number of aryl methyl sites for hydroxylation is 2. The number of hydrogen-bond acceptors (Lipinski definition) is 4. The highest BCUT2D eigenvalue weighted by Crippen LogP contribution is 2.29. The molecule has 0 spiro atoms. The highest BCUT2D eigenvalue weighted by atomic mass is 19.1. The van der Waals surface area contributed by atoms with E-state index in [1.54, 1.807) is 31.2 Å². The first-order valence-corrected chi connectivity index (χ1v) is 7.95. The molecule has 0 radical (unpaired) electrons. The molecule has 0 amide bonds. The van der Waals surface area contributed by atoms with E-state index in [0.717, 1.165) is 5.56 Å². The molecule has 0 fully saturated rings. The topological polar surface area (TPSA) is 56.5 Å². The first-order chi connectivity index (χ1) is 11.9. The maximum atomic E-state index is 13.2. The van der Waals surface area contributed by atoms with E-state index in [4.69, 9.17) is 9.15 Å². The van der Waals surface area contributed by atoms with E-state index in [-0.39, 0.29) is 11.2 Å². The summed E-state index contributed by atoms with van der Waals surface area (Å²) in [7, 11) is 0. The second-order valence-corrected chi connectivity index (χ2v) is 5.77. The molecule has 0 aliphatic carbocycles. The quantitative estimate of drug-likeness (QED) is 0.524. The summed E-state index contributed by atoms with van der Waals surface area (Å²) in [6, 6.07) is 8.96. The summed E-state index contributed by atoms with van der Waals surface area (Å²) in [5.41, 5.74) is 1.88. The van der Waals surface area contributed by atoms with Gasteiger partial charge in [0.05, 0.1) is 10.9 Å². The minimum Gasteiger partial charge on any atom is -0.460 e. The van der Waals surface area contributed by atoms with Crippen molar-refractivity contribution in [2.45, 2.75) is 27.2 Å². The zero-order chi connectivity index (χ0) is 18.1. The van der Waals surface area contributed by atoms with E-state index < -0.39 is 5.97 Å². The Balaban J connectivity index is 2.27. The van der Waals surface area contributed by atoms with Crippen LogP contribution in [0, 0.1) is 12.7 Å². The fourth-order valence-electron chi connectivity index (χ4n) is 2.86. The van der Waals surface area contributed by atoms with Gasteiger partial charge in [0, 0.05) is 13.0 Å². The third kappa shape index (κ3) is 3.18. The Morgan fingerprint density at radius 1 is 1.20 bits per heavy atom. The Kier molecular flexibility index (Phi) is 4.40. The molecule has 0 aliphatic heterocycles. The number of hydrogen-bond donors (Lipinski definition) is 0. The molecule has 4 nitrogen and oxygen atoms in total. The number of benzene rings is 2. The monoisotopic (exact) mass is 340 g/mol. The molecule has 3 rings (SSSR count). The lowest BCUT2D eigenvalue weighted by Crippen LogP contribution is -2.09. The van der Waals surface area contributed by atoms with Gasteiger partial charge in [-0.05, 0) is 42.7 Å². The van der Waals surface area contributed by atoms with Gasteiger partial charge in [0.25, 0.3) is 0 Å². The molecule has 1 aromatic heterocycles. The molecule has 1 heterocycles. The summed E-state index contributed by atoms with van der Waals surface area (Å²) in [6.07, 6.45) is 0.595. The summed E-state index contributed by atoms with van der Waals surface area (Å²) in [6.45, 7) is 4.91. The largest absolute Gasteiger partial charge is 0.460 e. The van der Waals surface area contributed by atoms with E-state index in [2.05, 4.69) is 0 Å². The van der Waals surface area contributed by atoms with Crippen LogP contribution in [-0.2, 0) is 11.2 Å². The minimum absolute atomic E-state index is 0.200. The van der Waals surface area contributed by atoms with Crippen LogP contribution in [0.3, 0.4) is 0 Å². The van der Waals surface area contributed by atoms with Crippen LogP contribution in [0.5, 0.6) is 5.75 Å². The van der Waals surface area contributed by atoms with Crippen LogP contribution in [-0.4, -0.2) is 5.97 Å². The number of carbonyl (C=O) groups is 1. The second kappa shape index (κ2) is 6.51. The molecule has 0 bridgehead atoms. The molecule has 0 N–H and O–H groups in total. The average molecular weight is 340 g/mol. The number of ether oxygens (including phenoxy) is 1.